The molecular formula is C14H21N3O3S. The van der Waals surface area contributed by atoms with Gasteiger partial charge in [0.1, 0.15) is 11.2 Å². The van der Waals surface area contributed by atoms with Crippen molar-refractivity contribution >= 4 is 22.0 Å². The summed E-state index contributed by atoms with van der Waals surface area (Å²) >= 11 is 0. The molecule has 21 heavy (non-hydrogen) atoms. The summed E-state index contributed by atoms with van der Waals surface area (Å²) in [5.41, 5.74) is 0.499. The third-order valence-corrected chi connectivity index (χ3v) is 4.93. The molecule has 0 unspecified atom stereocenters. The first-order chi connectivity index (χ1) is 10.2. The number of hydrogen-bond donors (Lipinski definition) is 1. The van der Waals surface area contributed by atoms with Crippen molar-refractivity contribution in [3.05, 3.63) is 24.3 Å². The number of aliphatic imine (C=N–C) groups is 1. The molecule has 116 valence electrons. The SMILES string of the molecule is CCOCCCNCCN1C=Nc2ccccc2S1(=O)=O. The Bertz CT molecular complexity index is 587. The van der Waals surface area contributed by atoms with Gasteiger partial charge in [-0.3, -0.25) is 4.31 Å². The van der Waals surface area contributed by atoms with Crippen LogP contribution < -0.4 is 5.32 Å². The van der Waals surface area contributed by atoms with Gasteiger partial charge in [-0.2, -0.15) is 0 Å². The van der Waals surface area contributed by atoms with Crippen LogP contribution >= 0.6 is 0 Å². The first-order valence-electron chi connectivity index (χ1n) is 7.10. The number of sulfonamides is 1. The standard InChI is InChI=1S/C14H21N3O3S/c1-2-20-11-5-8-15-9-10-17-12-16-13-6-3-4-7-14(13)21(17,18)19/h3-4,6-7,12,15H,2,5,8-11H2,1H3. The van der Waals surface area contributed by atoms with Gasteiger partial charge in [0.25, 0.3) is 10.0 Å². The highest BCUT2D eigenvalue weighted by atomic mass is 32.2. The number of nitrogens with zero attached hydrogens (tertiary/aromatic N) is 2. The van der Waals surface area contributed by atoms with Crippen molar-refractivity contribution in [2.75, 3.05) is 32.8 Å². The van der Waals surface area contributed by atoms with E-state index in [1.165, 1.54) is 10.6 Å². The van der Waals surface area contributed by atoms with Crippen molar-refractivity contribution in [2.45, 2.75) is 18.2 Å². The molecule has 1 N–H and O–H groups in total. The van der Waals surface area contributed by atoms with Crippen molar-refractivity contribution < 1.29 is 13.2 Å². The highest BCUT2D eigenvalue weighted by Crippen LogP contribution is 2.29. The van der Waals surface area contributed by atoms with Gasteiger partial charge in [0, 0.05) is 26.3 Å². The Balaban J connectivity index is 1.83. The smallest absolute Gasteiger partial charge is 0.267 e. The highest BCUT2D eigenvalue weighted by molar-refractivity contribution is 7.89. The molecule has 0 amide bonds. The van der Waals surface area contributed by atoms with Gasteiger partial charge in [0.05, 0.1) is 5.69 Å². The normalized spacial score (nSPS) is 16.0. The Morgan fingerprint density at radius 2 is 2.10 bits per heavy atom. The van der Waals surface area contributed by atoms with Crippen molar-refractivity contribution in [1.29, 1.82) is 0 Å². The first kappa shape index (κ1) is 15.9. The van der Waals surface area contributed by atoms with Crippen LogP contribution in [0.3, 0.4) is 0 Å². The van der Waals surface area contributed by atoms with Gasteiger partial charge in [0.2, 0.25) is 0 Å². The molecule has 6 nitrogen and oxygen atoms in total. The molecule has 0 spiro atoms. The minimum Gasteiger partial charge on any atom is -0.382 e. The molecule has 1 aliphatic rings. The summed E-state index contributed by atoms with van der Waals surface area (Å²) in [7, 11) is -3.46. The molecule has 0 radical (unpaired) electrons. The minimum absolute atomic E-state index is 0.267. The van der Waals surface area contributed by atoms with Crippen LogP contribution in [-0.4, -0.2) is 51.9 Å². The lowest BCUT2D eigenvalue weighted by Crippen LogP contribution is -2.37. The molecule has 1 heterocycles. The maximum Gasteiger partial charge on any atom is 0.267 e. The zero-order chi connectivity index (χ0) is 15.1. The lowest BCUT2D eigenvalue weighted by molar-refractivity contribution is 0.145. The third kappa shape index (κ3) is 4.03. The topological polar surface area (TPSA) is 71.0 Å². The molecule has 0 saturated heterocycles. The maximum atomic E-state index is 12.4. The van der Waals surface area contributed by atoms with E-state index in [2.05, 4.69) is 10.3 Å². The second kappa shape index (κ2) is 7.53. The maximum absolute atomic E-state index is 12.4. The molecule has 2 rings (SSSR count). The van der Waals surface area contributed by atoms with Crippen molar-refractivity contribution in [3.8, 4) is 0 Å². The highest BCUT2D eigenvalue weighted by Gasteiger charge is 2.27. The molecular weight excluding hydrogens is 290 g/mol. The van der Waals surface area contributed by atoms with Gasteiger partial charge in [-0.1, -0.05) is 12.1 Å². The van der Waals surface area contributed by atoms with E-state index in [0.717, 1.165) is 26.2 Å². The Morgan fingerprint density at radius 3 is 2.90 bits per heavy atom. The van der Waals surface area contributed by atoms with Crippen LogP contribution in [0.5, 0.6) is 0 Å². The van der Waals surface area contributed by atoms with Gasteiger partial charge in [0.15, 0.2) is 0 Å². The van der Waals surface area contributed by atoms with E-state index in [1.807, 2.05) is 6.92 Å². The van der Waals surface area contributed by atoms with Crippen molar-refractivity contribution in [2.24, 2.45) is 4.99 Å². The average Bonchev–Trinajstić information content (AvgIpc) is 2.48. The van der Waals surface area contributed by atoms with E-state index in [1.54, 1.807) is 24.3 Å². The minimum atomic E-state index is -3.46. The summed E-state index contributed by atoms with van der Waals surface area (Å²) in [5, 5.41) is 3.21. The lowest BCUT2D eigenvalue weighted by Gasteiger charge is -2.24. The second-order valence-corrected chi connectivity index (χ2v) is 6.49. The van der Waals surface area contributed by atoms with E-state index in [-0.39, 0.29) is 4.90 Å². The van der Waals surface area contributed by atoms with Gasteiger partial charge in [-0.05, 0) is 32.0 Å². The van der Waals surface area contributed by atoms with E-state index in [4.69, 9.17) is 4.74 Å². The molecule has 1 aromatic rings. The fraction of sp³-hybridized carbons (Fsp3) is 0.500. The quantitative estimate of drug-likeness (QED) is 0.736. The van der Waals surface area contributed by atoms with Crippen LogP contribution in [0.25, 0.3) is 0 Å². The van der Waals surface area contributed by atoms with E-state index in [0.29, 0.717) is 18.8 Å². The molecule has 7 heteroatoms. The summed E-state index contributed by atoms with van der Waals surface area (Å²) in [6, 6.07) is 6.78. The summed E-state index contributed by atoms with van der Waals surface area (Å²) in [4.78, 5) is 4.45. The fourth-order valence-corrected chi connectivity index (χ4v) is 3.42. The van der Waals surface area contributed by atoms with Gasteiger partial charge in [-0.15, -0.1) is 0 Å². The summed E-state index contributed by atoms with van der Waals surface area (Å²) in [6.45, 7) is 5.17. The van der Waals surface area contributed by atoms with Crippen LogP contribution in [0.2, 0.25) is 0 Å². The van der Waals surface area contributed by atoms with Crippen molar-refractivity contribution in [1.82, 2.24) is 9.62 Å². The molecule has 0 aliphatic carbocycles. The zero-order valence-corrected chi connectivity index (χ0v) is 13.0. The van der Waals surface area contributed by atoms with Crippen LogP contribution in [0.1, 0.15) is 13.3 Å². The molecule has 0 atom stereocenters. The Morgan fingerprint density at radius 1 is 1.29 bits per heavy atom. The van der Waals surface area contributed by atoms with Gasteiger partial charge < -0.3 is 10.1 Å². The van der Waals surface area contributed by atoms with Gasteiger partial charge >= 0.3 is 0 Å². The molecule has 1 aliphatic heterocycles. The van der Waals surface area contributed by atoms with Gasteiger partial charge in [-0.25, -0.2) is 13.4 Å². The predicted octanol–water partition coefficient (Wildman–Crippen LogP) is 1.37. The number of rotatable bonds is 8. The number of fused-ring (bicyclic) bond motifs is 1. The predicted molar refractivity (Wildman–Crippen MR) is 82.5 cm³/mol. The van der Waals surface area contributed by atoms with Crippen LogP contribution in [-0.2, 0) is 14.8 Å². The van der Waals surface area contributed by atoms with Crippen LogP contribution in [0.15, 0.2) is 34.2 Å². The molecule has 0 bridgehead atoms. The molecule has 0 saturated carbocycles. The summed E-state index contributed by atoms with van der Waals surface area (Å²) in [6.07, 6.45) is 2.30. The lowest BCUT2D eigenvalue weighted by atomic mass is 10.3. The van der Waals surface area contributed by atoms with E-state index < -0.39 is 10.0 Å². The number of ether oxygens (including phenoxy) is 1. The first-order valence-corrected chi connectivity index (χ1v) is 8.54. The summed E-state index contributed by atoms with van der Waals surface area (Å²) < 4.78 is 31.3. The largest absolute Gasteiger partial charge is 0.382 e. The van der Waals surface area contributed by atoms with Crippen LogP contribution in [0, 0.1) is 0 Å². The third-order valence-electron chi connectivity index (χ3n) is 3.13. The number of nitrogens with one attached hydrogen (secondary N) is 1. The zero-order valence-electron chi connectivity index (χ0n) is 12.2. The number of hydrogen-bond acceptors (Lipinski definition) is 5. The van der Waals surface area contributed by atoms with E-state index >= 15 is 0 Å². The monoisotopic (exact) mass is 311 g/mol. The van der Waals surface area contributed by atoms with E-state index in [9.17, 15) is 8.42 Å². The fourth-order valence-electron chi connectivity index (χ4n) is 2.03. The Labute approximate surface area is 125 Å². The number of benzene rings is 1. The number of para-hydroxylation sites is 1. The molecule has 0 fully saturated rings. The Kier molecular flexibility index (Phi) is 5.72. The molecule has 1 aromatic carbocycles. The molecule has 0 aromatic heterocycles. The Hall–Kier alpha value is -1.44. The summed E-state index contributed by atoms with van der Waals surface area (Å²) in [5.74, 6) is 0. The van der Waals surface area contributed by atoms with Crippen LogP contribution in [0.4, 0.5) is 5.69 Å². The van der Waals surface area contributed by atoms with Crippen molar-refractivity contribution in [3.63, 3.8) is 0 Å². The second-order valence-electron chi connectivity index (χ2n) is 4.63. The average molecular weight is 311 g/mol.